The molecule has 31 N–H and O–H groups in total. The molecular formula is C76H105N23O18. The van der Waals surface area contributed by atoms with E-state index in [1.165, 1.54) is 12.5 Å². The lowest BCUT2D eigenvalue weighted by molar-refractivity contribution is -0.142. The summed E-state index contributed by atoms with van der Waals surface area (Å²) in [6, 6.07) is 0.975. The van der Waals surface area contributed by atoms with Gasteiger partial charge in [0.1, 0.15) is 72.5 Å². The number of aliphatic carboxylic acids is 1. The summed E-state index contributed by atoms with van der Waals surface area (Å²) in [5.41, 5.74) is 31.7. The fourth-order valence-electron chi connectivity index (χ4n) is 12.9. The second kappa shape index (κ2) is 44.7. The van der Waals surface area contributed by atoms with Crippen molar-refractivity contribution in [1.82, 2.24) is 88.7 Å². The maximum Gasteiger partial charge on any atom is 0.326 e. The number of carboxylic acid groups (broad SMARTS) is 1. The molecule has 0 unspecified atom stereocenters. The van der Waals surface area contributed by atoms with E-state index in [4.69, 9.17) is 34.1 Å². The molecule has 0 saturated heterocycles. The minimum Gasteiger partial charge on any atom is -0.480 e. The zero-order valence-corrected chi connectivity index (χ0v) is 64.8. The average Bonchev–Trinajstić information content (AvgIpc) is 1.68. The molecule has 4 heterocycles. The average molecular weight is 1630 g/mol. The van der Waals surface area contributed by atoms with Crippen LogP contribution in [0.5, 0.6) is 0 Å². The topological polar surface area (TPSA) is 694 Å². The van der Waals surface area contributed by atoms with Crippen molar-refractivity contribution in [2.45, 2.75) is 183 Å². The summed E-state index contributed by atoms with van der Waals surface area (Å²) >= 11 is 0. The van der Waals surface area contributed by atoms with Crippen molar-refractivity contribution < 1.29 is 87.5 Å². The molecule has 632 valence electrons. The number of benzene rings is 3. The third-order valence-electron chi connectivity index (χ3n) is 19.1. The van der Waals surface area contributed by atoms with Gasteiger partial charge in [0.2, 0.25) is 76.8 Å². The molecule has 13 amide bonds. The van der Waals surface area contributed by atoms with Gasteiger partial charge >= 0.3 is 5.97 Å². The second-order valence-corrected chi connectivity index (χ2v) is 28.7. The van der Waals surface area contributed by atoms with Crippen molar-refractivity contribution in [3.05, 3.63) is 126 Å². The van der Waals surface area contributed by atoms with Crippen LogP contribution in [0, 0.1) is 11.3 Å². The van der Waals surface area contributed by atoms with Gasteiger partial charge < -0.3 is 133 Å². The lowest BCUT2D eigenvalue weighted by Crippen LogP contribution is -2.63. The number of para-hydroxylation sites is 3. The van der Waals surface area contributed by atoms with Crippen molar-refractivity contribution in [2.75, 3.05) is 26.3 Å². The number of aromatic amines is 4. The molecule has 0 aliphatic rings. The van der Waals surface area contributed by atoms with Gasteiger partial charge in [0.15, 0.2) is 5.96 Å². The number of aliphatic hydroxyl groups excluding tert-OH is 3. The Labute approximate surface area is 670 Å². The van der Waals surface area contributed by atoms with E-state index >= 15 is 19.2 Å². The number of aromatic nitrogens is 5. The first-order chi connectivity index (χ1) is 55.8. The number of carboxylic acids is 1. The highest BCUT2D eigenvalue weighted by Gasteiger charge is 2.39. The highest BCUT2D eigenvalue weighted by atomic mass is 16.4. The van der Waals surface area contributed by atoms with E-state index in [0.717, 1.165) is 6.92 Å². The largest absolute Gasteiger partial charge is 0.480 e. The van der Waals surface area contributed by atoms with Crippen LogP contribution in [0.1, 0.15) is 101 Å². The van der Waals surface area contributed by atoms with Gasteiger partial charge in [0.05, 0.1) is 32.1 Å². The van der Waals surface area contributed by atoms with E-state index in [9.17, 15) is 68.4 Å². The second-order valence-electron chi connectivity index (χ2n) is 28.7. The molecule has 7 rings (SSSR count). The summed E-state index contributed by atoms with van der Waals surface area (Å²) in [6.45, 7) is 2.88. The van der Waals surface area contributed by atoms with E-state index in [2.05, 4.69) is 88.7 Å². The molecule has 0 saturated carbocycles. The first-order valence-corrected chi connectivity index (χ1v) is 38.0. The standard InChI is InChI=1S/C76H105N23O18/c1-38(2)25-54(93-71(112)58(29-43-34-83-37-88-43)92-64(105)47(78)35-100)67(108)98-60(36-101)73(114)99-63(39(3)102)74(115)97-57(28-42-33-87-50-18-9-6-15-46(42)50)69(110)89-51(19-10-11-23-77)65(106)94-56(27-41-32-86-49-17-8-5-14-45(41)49)70(111)95-55(26-40-31-85-48-16-7-4-13-44(40)48)68(109)90-52(21-22-61(79)103)66(107)96-59(30-62(80)104)72(113)91-53(75(116)117)20-12-24-84-76(81)82/h4-9,13-18,31-34,37-39,47,51-60,63,85-87,100-102H,10-12,19-30,35-36,77-78H2,1-3H3,(H2,79,103)(H2,80,104)(H,83,88)(H,89,110)(H,90,109)(H,91,113)(H,92,105)(H,93,112)(H,94,106)(H,95,111)(H,96,107)(H,97,115)(H,98,108)(H,99,114)(H,116,117)(H4,81,82,84)/t39-,47+,51+,52+,53+,54+,55+,56+,57+,58+,59+,60+,63+/m1/s1. The molecular weight excluding hydrogens is 1520 g/mol. The van der Waals surface area contributed by atoms with Crippen LogP contribution < -0.4 is 92.5 Å². The molecule has 7 aromatic rings. The lowest BCUT2D eigenvalue weighted by Gasteiger charge is -2.29. The van der Waals surface area contributed by atoms with Crippen molar-refractivity contribution in [3.8, 4) is 0 Å². The van der Waals surface area contributed by atoms with E-state index < -0.39 is 200 Å². The highest BCUT2D eigenvalue weighted by molar-refractivity contribution is 6.01. The first kappa shape index (κ1) is 91.3. The number of hydrogen-bond acceptors (Lipinski definition) is 21. The van der Waals surface area contributed by atoms with Gasteiger partial charge in [-0.15, -0.1) is 0 Å². The molecule has 0 aliphatic heterocycles. The van der Waals surface area contributed by atoms with Crippen LogP contribution in [0.3, 0.4) is 0 Å². The molecule has 117 heavy (non-hydrogen) atoms. The Balaban J connectivity index is 1.18. The van der Waals surface area contributed by atoms with Gasteiger partial charge in [-0.05, 0) is 99.2 Å². The molecule has 41 heteroatoms. The third kappa shape index (κ3) is 27.7. The minimum atomic E-state index is -1.95. The molecule has 0 radical (unpaired) electrons. The first-order valence-electron chi connectivity index (χ1n) is 38.0. The fourth-order valence-corrected chi connectivity index (χ4v) is 12.9. The Morgan fingerprint density at radius 1 is 0.453 bits per heavy atom. The number of hydrogen-bond donors (Lipinski definition) is 26. The predicted octanol–water partition coefficient (Wildman–Crippen LogP) is -5.19. The number of imidazole rings is 1. The number of unbranched alkanes of at least 4 members (excludes halogenated alkanes) is 1. The Bertz CT molecular complexity index is 4620. The number of carbonyl (C=O) groups is 14. The predicted molar refractivity (Wildman–Crippen MR) is 425 cm³/mol. The highest BCUT2D eigenvalue weighted by Crippen LogP contribution is 2.24. The number of nitrogens with one attached hydrogen (secondary N) is 17. The van der Waals surface area contributed by atoms with Crippen LogP contribution in [-0.2, 0) is 92.8 Å². The molecule has 0 spiro atoms. The molecule has 4 aromatic heterocycles. The molecule has 13 atom stereocenters. The molecule has 0 fully saturated rings. The van der Waals surface area contributed by atoms with Crippen LogP contribution in [0.4, 0.5) is 0 Å². The molecule has 41 nitrogen and oxygen atoms in total. The maximum atomic E-state index is 15.5. The monoisotopic (exact) mass is 1630 g/mol. The van der Waals surface area contributed by atoms with Gasteiger partial charge in [-0.2, -0.15) is 0 Å². The molecule has 0 bridgehead atoms. The van der Waals surface area contributed by atoms with Gasteiger partial charge in [0.25, 0.3) is 0 Å². The number of nitrogens with zero attached hydrogens (tertiary/aromatic N) is 1. The maximum absolute atomic E-state index is 15.5. The summed E-state index contributed by atoms with van der Waals surface area (Å²) in [5.74, 6) is -15.9. The zero-order chi connectivity index (χ0) is 85.6. The van der Waals surface area contributed by atoms with Crippen molar-refractivity contribution >= 4 is 121 Å². The number of guanidine groups is 1. The van der Waals surface area contributed by atoms with Crippen LogP contribution in [-0.4, -0.2) is 239 Å². The van der Waals surface area contributed by atoms with E-state index in [1.807, 2.05) is 0 Å². The summed E-state index contributed by atoms with van der Waals surface area (Å²) in [5, 5.41) is 80.8. The van der Waals surface area contributed by atoms with E-state index in [1.54, 1.807) is 105 Å². The smallest absolute Gasteiger partial charge is 0.326 e. The number of fused-ring (bicyclic) bond motifs is 3. The molecule has 0 aliphatic carbocycles. The minimum absolute atomic E-state index is 0.0439. The Hall–Kier alpha value is -12.9. The van der Waals surface area contributed by atoms with Gasteiger partial charge in [0, 0.05) is 102 Å². The van der Waals surface area contributed by atoms with Gasteiger partial charge in [-0.1, -0.05) is 68.4 Å². The van der Waals surface area contributed by atoms with Crippen molar-refractivity contribution in [2.24, 2.45) is 34.6 Å². The number of carbonyl (C=O) groups excluding carboxylic acids is 13. The van der Waals surface area contributed by atoms with E-state index in [0.29, 0.717) is 61.5 Å². The number of nitrogens with two attached hydrogens (primary N) is 5. The Morgan fingerprint density at radius 2 is 0.855 bits per heavy atom. The SMILES string of the molecule is CC(C)C[C@H](NC(=O)[C@H](Cc1cnc[nH]1)NC(=O)[C@@H](N)CO)C(=O)N[C@@H](CO)C(=O)N[C@H](C(=O)N[C@@H](Cc1c[nH]c2ccccc12)C(=O)N[C@@H](CCCCN)C(=O)N[C@@H](Cc1c[nH]c2ccccc12)C(=O)N[C@@H](Cc1c[nH]c2ccccc12)C(=O)N[C@@H](CCC(N)=O)C(=O)N[C@@H](CC(N)=O)C(=O)N[C@@H](CCCNC(=N)N)C(=O)O)[C@@H](C)O. The summed E-state index contributed by atoms with van der Waals surface area (Å²) in [6.07, 6.45) is 2.67. The fraction of sp³-hybridized carbons (Fsp3) is 0.447. The number of aliphatic hydroxyl groups is 3. The Kier molecular flexibility index (Phi) is 34.9. The van der Waals surface area contributed by atoms with Crippen LogP contribution in [0.15, 0.2) is 104 Å². The summed E-state index contributed by atoms with van der Waals surface area (Å²) < 4.78 is 0. The van der Waals surface area contributed by atoms with Gasteiger partial charge in [-0.25, -0.2) is 9.78 Å². The van der Waals surface area contributed by atoms with Crippen LogP contribution in [0.25, 0.3) is 32.7 Å². The number of rotatable bonds is 49. The third-order valence-corrected chi connectivity index (χ3v) is 19.1. The van der Waals surface area contributed by atoms with Crippen LogP contribution in [0.2, 0.25) is 0 Å². The number of primary amides is 2. The normalized spacial score (nSPS) is 14.7. The van der Waals surface area contributed by atoms with Crippen molar-refractivity contribution in [1.29, 1.82) is 5.41 Å². The summed E-state index contributed by atoms with van der Waals surface area (Å²) in [7, 11) is 0. The van der Waals surface area contributed by atoms with Crippen molar-refractivity contribution in [3.63, 3.8) is 0 Å². The number of H-pyrrole nitrogens is 4. The molecule has 3 aromatic carbocycles. The van der Waals surface area contributed by atoms with Crippen LogP contribution >= 0.6 is 0 Å². The zero-order valence-electron chi connectivity index (χ0n) is 64.8. The number of amides is 13. The quantitative estimate of drug-likeness (QED) is 0.00963. The van der Waals surface area contributed by atoms with E-state index in [-0.39, 0.29) is 76.8 Å². The Morgan fingerprint density at radius 3 is 1.29 bits per heavy atom. The lowest BCUT2D eigenvalue weighted by atomic mass is 10.00. The van der Waals surface area contributed by atoms with Gasteiger partial charge in [-0.3, -0.25) is 67.7 Å². The summed E-state index contributed by atoms with van der Waals surface area (Å²) in [4.78, 5) is 213.